The third-order valence-electron chi connectivity index (χ3n) is 7.70. The number of amidine groups is 1. The molecule has 9 nitrogen and oxygen atoms in total. The van der Waals surface area contributed by atoms with Crippen molar-refractivity contribution in [1.29, 1.82) is 5.41 Å². The van der Waals surface area contributed by atoms with Gasteiger partial charge in [0.25, 0.3) is 0 Å². The topological polar surface area (TPSA) is 112 Å². The van der Waals surface area contributed by atoms with Gasteiger partial charge < -0.3 is 29.1 Å². The number of rotatable bonds is 12. The van der Waals surface area contributed by atoms with E-state index in [1.54, 1.807) is 18.2 Å². The monoisotopic (exact) mass is 587 g/mol. The highest BCUT2D eigenvalue weighted by atomic mass is 19.1. The van der Waals surface area contributed by atoms with Gasteiger partial charge >= 0.3 is 5.97 Å². The number of aliphatic carboxylic acids is 1. The average molecular weight is 588 g/mol. The maximum Gasteiger partial charge on any atom is 0.338 e. The number of fused-ring (bicyclic) bond motifs is 1. The first-order valence-electron chi connectivity index (χ1n) is 14.1. The molecule has 0 spiro atoms. The van der Waals surface area contributed by atoms with Crippen molar-refractivity contribution in [2.45, 2.75) is 64.6 Å². The molecule has 2 aromatic rings. The van der Waals surface area contributed by atoms with Crippen LogP contribution in [-0.4, -0.2) is 74.2 Å². The number of Topliss-reactive ketones (excluding diaryl/α,β-unsaturated/α-hetero) is 1. The van der Waals surface area contributed by atoms with Crippen molar-refractivity contribution in [3.8, 4) is 17.2 Å². The Kier molecular flexibility index (Phi) is 9.27. The molecule has 1 unspecified atom stereocenters. The lowest BCUT2D eigenvalue weighted by atomic mass is 9.84. The fourth-order valence-corrected chi connectivity index (χ4v) is 5.46. The number of halogens is 2. The van der Waals surface area contributed by atoms with E-state index in [4.69, 9.17) is 24.7 Å². The number of carboxylic acids is 1. The molecule has 2 aliphatic heterocycles. The van der Waals surface area contributed by atoms with Crippen LogP contribution in [0.1, 0.15) is 73.5 Å². The van der Waals surface area contributed by atoms with Crippen LogP contribution in [0.2, 0.25) is 0 Å². The average Bonchev–Trinajstić information content (AvgIpc) is 3.58. The zero-order valence-corrected chi connectivity index (χ0v) is 24.8. The van der Waals surface area contributed by atoms with E-state index in [0.29, 0.717) is 16.9 Å². The highest BCUT2D eigenvalue weighted by molar-refractivity contribution is 6.06. The molecular formula is C31H39F2N3O6. The first kappa shape index (κ1) is 31.1. The Hall–Kier alpha value is -3.89. The lowest BCUT2D eigenvalue weighted by molar-refractivity contribution is -0.143. The third kappa shape index (κ3) is 6.29. The normalized spacial score (nSPS) is 15.5. The minimum atomic E-state index is -1.94. The summed E-state index contributed by atoms with van der Waals surface area (Å²) in [7, 11) is 2.75. The molecule has 11 heteroatoms. The number of benzene rings is 2. The molecule has 1 fully saturated rings. The van der Waals surface area contributed by atoms with Gasteiger partial charge in [0.1, 0.15) is 11.6 Å². The second-order valence-electron chi connectivity index (χ2n) is 11.7. The first-order valence-corrected chi connectivity index (χ1v) is 14.1. The highest BCUT2D eigenvalue weighted by Crippen LogP contribution is 2.42. The first-order chi connectivity index (χ1) is 19.9. The van der Waals surface area contributed by atoms with Gasteiger partial charge in [-0.25, -0.2) is 13.6 Å². The lowest BCUT2D eigenvalue weighted by Gasteiger charge is -2.30. The predicted octanol–water partition coefficient (Wildman–Crippen LogP) is 5.35. The Balaban J connectivity index is 1.63. The molecule has 0 radical (unpaired) electrons. The Bertz CT molecular complexity index is 1370. The Morgan fingerprint density at radius 1 is 1.10 bits per heavy atom. The van der Waals surface area contributed by atoms with Gasteiger partial charge in [-0.05, 0) is 54.9 Å². The molecule has 0 saturated carbocycles. The van der Waals surface area contributed by atoms with Crippen molar-refractivity contribution >= 4 is 23.3 Å². The van der Waals surface area contributed by atoms with Crippen molar-refractivity contribution in [1.82, 2.24) is 4.90 Å². The molecule has 0 aliphatic carbocycles. The number of hydrogen-bond donors (Lipinski definition) is 2. The van der Waals surface area contributed by atoms with Crippen LogP contribution in [0.3, 0.4) is 0 Å². The van der Waals surface area contributed by atoms with Gasteiger partial charge in [-0.3, -0.25) is 10.2 Å². The van der Waals surface area contributed by atoms with Gasteiger partial charge in [0.05, 0.1) is 38.6 Å². The van der Waals surface area contributed by atoms with Gasteiger partial charge in [0.15, 0.2) is 29.3 Å². The molecule has 2 aliphatic rings. The summed E-state index contributed by atoms with van der Waals surface area (Å²) in [4.78, 5) is 28.3. The number of ketones is 1. The van der Waals surface area contributed by atoms with Crippen LogP contribution in [0.5, 0.6) is 17.2 Å². The molecular weight excluding hydrogens is 548 g/mol. The molecule has 0 amide bonds. The van der Waals surface area contributed by atoms with E-state index in [0.717, 1.165) is 37.2 Å². The maximum absolute atomic E-state index is 15.2. The molecule has 4 rings (SSSR count). The zero-order valence-electron chi connectivity index (χ0n) is 24.8. The quantitative estimate of drug-likeness (QED) is 0.253. The molecule has 2 N–H and O–H groups in total. The van der Waals surface area contributed by atoms with Crippen molar-refractivity contribution < 1.29 is 37.7 Å². The molecule has 2 aromatic carbocycles. The fraction of sp³-hybridized carbons (Fsp3) is 0.516. The summed E-state index contributed by atoms with van der Waals surface area (Å²) in [6, 6.07) is 5.23. The predicted molar refractivity (Wildman–Crippen MR) is 155 cm³/mol. The van der Waals surface area contributed by atoms with Crippen LogP contribution in [0, 0.1) is 11.2 Å². The SMILES string of the molecule is COc1cc2c(c(F)c1OC)C(=N)N(CC(=O)c1cc(N3CCCC3)c(OCCCC(F)C(=O)O)c(C(C)(C)C)c1)C2. The molecule has 0 bridgehead atoms. The number of carboxylic acid groups (broad SMARTS) is 1. The Labute approximate surface area is 244 Å². The molecule has 1 saturated heterocycles. The molecule has 2 heterocycles. The second-order valence-corrected chi connectivity index (χ2v) is 11.7. The molecule has 1 atom stereocenters. The molecule has 42 heavy (non-hydrogen) atoms. The van der Waals surface area contributed by atoms with Gasteiger partial charge in [-0.1, -0.05) is 20.8 Å². The van der Waals surface area contributed by atoms with Crippen LogP contribution in [-0.2, 0) is 16.8 Å². The summed E-state index contributed by atoms with van der Waals surface area (Å²) in [6.45, 7) is 7.78. The van der Waals surface area contributed by atoms with Crippen LogP contribution in [0.25, 0.3) is 0 Å². The number of methoxy groups -OCH3 is 2. The van der Waals surface area contributed by atoms with E-state index in [9.17, 15) is 14.0 Å². The van der Waals surface area contributed by atoms with E-state index < -0.39 is 23.4 Å². The van der Waals surface area contributed by atoms with Crippen LogP contribution < -0.4 is 19.1 Å². The third-order valence-corrected chi connectivity index (χ3v) is 7.70. The van der Waals surface area contributed by atoms with E-state index >= 15 is 4.39 Å². The number of carbonyl (C=O) groups is 2. The summed E-state index contributed by atoms with van der Waals surface area (Å²) < 4.78 is 45.5. The number of anilines is 1. The summed E-state index contributed by atoms with van der Waals surface area (Å²) in [5, 5.41) is 17.5. The van der Waals surface area contributed by atoms with Crippen LogP contribution >= 0.6 is 0 Å². The zero-order chi connectivity index (χ0) is 30.8. The fourth-order valence-electron chi connectivity index (χ4n) is 5.46. The Morgan fingerprint density at radius 2 is 1.79 bits per heavy atom. The van der Waals surface area contributed by atoms with Crippen molar-refractivity contribution in [3.05, 3.63) is 46.3 Å². The van der Waals surface area contributed by atoms with E-state index in [1.165, 1.54) is 19.1 Å². The second kappa shape index (κ2) is 12.5. The highest BCUT2D eigenvalue weighted by Gasteiger charge is 2.34. The number of hydrogen-bond acceptors (Lipinski definition) is 7. The van der Waals surface area contributed by atoms with Crippen LogP contribution in [0.15, 0.2) is 18.2 Å². The summed E-state index contributed by atoms with van der Waals surface area (Å²) in [5.74, 6) is -1.76. The number of carbonyl (C=O) groups excluding carboxylic acids is 1. The smallest absolute Gasteiger partial charge is 0.338 e. The minimum absolute atomic E-state index is 0.0835. The summed E-state index contributed by atoms with van der Waals surface area (Å²) in [5.41, 5.74) is 2.22. The van der Waals surface area contributed by atoms with Crippen molar-refractivity contribution in [2.24, 2.45) is 0 Å². The standard InChI is InChI=1S/C31H39F2N3O6/c1-31(2,3)20-13-18(14-22(35-10-6-7-11-35)27(20)42-12-8-9-21(32)30(38)39)23(37)17-36-16-19-15-24(40-4)28(41-5)26(33)25(19)29(36)34/h13-15,21,34H,6-12,16-17H2,1-5H3,(H,38,39). The van der Waals surface area contributed by atoms with Crippen molar-refractivity contribution in [2.75, 3.05) is 45.4 Å². The maximum atomic E-state index is 15.2. The van der Waals surface area contributed by atoms with Gasteiger partial charge in [0.2, 0.25) is 0 Å². The summed E-state index contributed by atoms with van der Waals surface area (Å²) >= 11 is 0. The number of ether oxygens (including phenoxy) is 3. The van der Waals surface area contributed by atoms with Gasteiger partial charge in [-0.2, -0.15) is 0 Å². The summed E-state index contributed by atoms with van der Waals surface area (Å²) in [6.07, 6.45) is 0.109. The van der Waals surface area contributed by atoms with Crippen molar-refractivity contribution in [3.63, 3.8) is 0 Å². The number of nitrogens with zero attached hydrogens (tertiary/aromatic N) is 2. The number of nitrogens with one attached hydrogen (secondary N) is 1. The van der Waals surface area contributed by atoms with Crippen LogP contribution in [0.4, 0.5) is 14.5 Å². The van der Waals surface area contributed by atoms with E-state index in [-0.39, 0.29) is 61.2 Å². The Morgan fingerprint density at radius 3 is 2.38 bits per heavy atom. The van der Waals surface area contributed by atoms with Gasteiger partial charge in [0, 0.05) is 30.8 Å². The van der Waals surface area contributed by atoms with E-state index in [1.807, 2.05) is 20.8 Å². The van der Waals surface area contributed by atoms with E-state index in [2.05, 4.69) is 4.90 Å². The largest absolute Gasteiger partial charge is 0.493 e. The minimum Gasteiger partial charge on any atom is -0.493 e. The lowest BCUT2D eigenvalue weighted by Crippen LogP contribution is -2.31. The molecule has 228 valence electrons. The number of alkyl halides is 1. The van der Waals surface area contributed by atoms with Gasteiger partial charge in [-0.15, -0.1) is 0 Å². The molecule has 0 aromatic heterocycles.